The van der Waals surface area contributed by atoms with Gasteiger partial charge in [0, 0.05) is 5.56 Å². The lowest BCUT2D eigenvalue weighted by Crippen LogP contribution is -2.09. The van der Waals surface area contributed by atoms with Crippen LogP contribution in [0.4, 0.5) is 0 Å². The van der Waals surface area contributed by atoms with E-state index in [2.05, 4.69) is 40.9 Å². The summed E-state index contributed by atoms with van der Waals surface area (Å²) < 4.78 is 5.51. The Morgan fingerprint density at radius 1 is 1.10 bits per heavy atom. The Bertz CT molecular complexity index is 614. The van der Waals surface area contributed by atoms with Crippen molar-refractivity contribution >= 4 is 11.6 Å². The predicted octanol–water partition coefficient (Wildman–Crippen LogP) is 4.18. The van der Waals surface area contributed by atoms with E-state index in [1.807, 2.05) is 26.0 Å². The topological polar surface area (TPSA) is 47.9 Å². The fourth-order valence-corrected chi connectivity index (χ4v) is 2.19. The van der Waals surface area contributed by atoms with Crippen LogP contribution in [-0.4, -0.2) is 21.1 Å². The third kappa shape index (κ3) is 4.67. The molecule has 0 bridgehead atoms. The first-order chi connectivity index (χ1) is 9.94. The van der Waals surface area contributed by atoms with E-state index in [1.54, 1.807) is 0 Å². The van der Waals surface area contributed by atoms with E-state index in [9.17, 15) is 0 Å². The van der Waals surface area contributed by atoms with Crippen LogP contribution in [-0.2, 0) is 6.42 Å². The second-order valence-corrected chi connectivity index (χ2v) is 6.01. The molecule has 0 saturated carbocycles. The monoisotopic (exact) mass is 305 g/mol. The molecule has 21 heavy (non-hydrogen) atoms. The van der Waals surface area contributed by atoms with Gasteiger partial charge in [-0.15, -0.1) is 0 Å². The van der Waals surface area contributed by atoms with Gasteiger partial charge in [-0.1, -0.05) is 32.0 Å². The minimum atomic E-state index is -0.0106. The molecule has 0 fully saturated rings. The van der Waals surface area contributed by atoms with Gasteiger partial charge in [0.05, 0.1) is 6.10 Å². The Labute approximate surface area is 130 Å². The lowest BCUT2D eigenvalue weighted by atomic mass is 10.0. The Balaban J connectivity index is 2.34. The van der Waals surface area contributed by atoms with Crippen molar-refractivity contribution in [1.29, 1.82) is 0 Å². The zero-order valence-corrected chi connectivity index (χ0v) is 13.6. The van der Waals surface area contributed by atoms with E-state index >= 15 is 0 Å². The number of halogens is 1. The normalized spacial score (nSPS) is 11.2. The number of aromatic nitrogens is 3. The average Bonchev–Trinajstić information content (AvgIpc) is 2.36. The first-order valence-corrected chi connectivity index (χ1v) is 7.49. The summed E-state index contributed by atoms with van der Waals surface area (Å²) in [6, 6.07) is 8.43. The Hall–Kier alpha value is -1.68. The van der Waals surface area contributed by atoms with Crippen molar-refractivity contribution in [1.82, 2.24) is 15.0 Å². The molecular weight excluding hydrogens is 286 g/mol. The third-order valence-corrected chi connectivity index (χ3v) is 2.93. The average molecular weight is 306 g/mol. The molecule has 0 amide bonds. The van der Waals surface area contributed by atoms with Crippen molar-refractivity contribution < 1.29 is 4.74 Å². The van der Waals surface area contributed by atoms with E-state index in [0.29, 0.717) is 11.7 Å². The van der Waals surface area contributed by atoms with Crippen LogP contribution in [0.1, 0.15) is 33.3 Å². The molecule has 0 unspecified atom stereocenters. The number of ether oxygens (including phenoxy) is 1. The second kappa shape index (κ2) is 6.85. The van der Waals surface area contributed by atoms with Crippen molar-refractivity contribution in [2.24, 2.45) is 5.92 Å². The maximum absolute atomic E-state index is 5.97. The van der Waals surface area contributed by atoms with Crippen LogP contribution in [0.5, 0.6) is 6.01 Å². The van der Waals surface area contributed by atoms with Crippen molar-refractivity contribution in [3.05, 3.63) is 35.1 Å². The van der Waals surface area contributed by atoms with Gasteiger partial charge < -0.3 is 4.74 Å². The molecule has 0 aliphatic rings. The number of hydrogen-bond acceptors (Lipinski definition) is 4. The third-order valence-electron chi connectivity index (χ3n) is 2.76. The molecule has 0 N–H and O–H groups in total. The van der Waals surface area contributed by atoms with Gasteiger partial charge in [-0.3, -0.25) is 0 Å². The van der Waals surface area contributed by atoms with Gasteiger partial charge in [-0.05, 0) is 49.4 Å². The van der Waals surface area contributed by atoms with Crippen LogP contribution in [0.2, 0.25) is 5.28 Å². The van der Waals surface area contributed by atoms with Crippen LogP contribution in [0.25, 0.3) is 11.4 Å². The molecule has 1 aromatic carbocycles. The fourth-order valence-electron chi connectivity index (χ4n) is 2.03. The number of hydrogen-bond donors (Lipinski definition) is 0. The molecule has 0 saturated heterocycles. The van der Waals surface area contributed by atoms with Crippen LogP contribution >= 0.6 is 11.6 Å². The molecule has 0 atom stereocenters. The van der Waals surface area contributed by atoms with Crippen LogP contribution in [0, 0.1) is 5.92 Å². The molecule has 0 aliphatic carbocycles. The van der Waals surface area contributed by atoms with Crippen molar-refractivity contribution in [3.63, 3.8) is 0 Å². The standard InChI is InChI=1S/C16H20ClN3O/c1-10(2)8-12-6-5-7-13(9-12)14-18-15(17)20-16(19-14)21-11(3)4/h5-7,9-11H,8H2,1-4H3. The van der Waals surface area contributed by atoms with E-state index in [1.165, 1.54) is 5.56 Å². The van der Waals surface area contributed by atoms with Crippen LogP contribution in [0.15, 0.2) is 24.3 Å². The molecule has 112 valence electrons. The first-order valence-electron chi connectivity index (χ1n) is 7.11. The SMILES string of the molecule is CC(C)Cc1cccc(-c2nc(Cl)nc(OC(C)C)n2)c1. The summed E-state index contributed by atoms with van der Waals surface area (Å²) in [6.45, 7) is 8.23. The molecule has 5 heteroatoms. The van der Waals surface area contributed by atoms with Crippen molar-refractivity contribution in [2.45, 2.75) is 40.2 Å². The Morgan fingerprint density at radius 3 is 2.52 bits per heavy atom. The highest BCUT2D eigenvalue weighted by atomic mass is 35.5. The minimum Gasteiger partial charge on any atom is -0.461 e. The summed E-state index contributed by atoms with van der Waals surface area (Å²) in [5.74, 6) is 1.14. The van der Waals surface area contributed by atoms with Crippen molar-refractivity contribution in [3.8, 4) is 17.4 Å². The summed E-state index contributed by atoms with van der Waals surface area (Å²) >= 11 is 5.97. The summed E-state index contributed by atoms with van der Waals surface area (Å²) in [4.78, 5) is 12.5. The van der Waals surface area contributed by atoms with E-state index in [0.717, 1.165) is 12.0 Å². The number of benzene rings is 1. The highest BCUT2D eigenvalue weighted by molar-refractivity contribution is 6.28. The largest absolute Gasteiger partial charge is 0.461 e. The molecule has 0 aliphatic heterocycles. The lowest BCUT2D eigenvalue weighted by molar-refractivity contribution is 0.222. The zero-order chi connectivity index (χ0) is 15.4. The van der Waals surface area contributed by atoms with Gasteiger partial charge in [-0.2, -0.15) is 15.0 Å². The quantitative estimate of drug-likeness (QED) is 0.831. The van der Waals surface area contributed by atoms with E-state index in [-0.39, 0.29) is 17.4 Å². The molecule has 0 spiro atoms. The van der Waals surface area contributed by atoms with Gasteiger partial charge in [-0.25, -0.2) is 0 Å². The Morgan fingerprint density at radius 2 is 1.86 bits per heavy atom. The molecular formula is C16H20ClN3O. The molecule has 1 heterocycles. The molecule has 2 aromatic rings. The van der Waals surface area contributed by atoms with E-state index < -0.39 is 0 Å². The second-order valence-electron chi connectivity index (χ2n) is 5.68. The highest BCUT2D eigenvalue weighted by Gasteiger charge is 2.10. The summed E-state index contributed by atoms with van der Waals surface area (Å²) in [6.07, 6.45) is 1.01. The molecule has 1 aromatic heterocycles. The summed E-state index contributed by atoms with van der Waals surface area (Å²) in [5, 5.41) is 0.143. The van der Waals surface area contributed by atoms with Gasteiger partial charge in [0.1, 0.15) is 0 Å². The maximum atomic E-state index is 5.97. The molecule has 0 radical (unpaired) electrons. The minimum absolute atomic E-state index is 0.0106. The van der Waals surface area contributed by atoms with Gasteiger partial charge in [0.2, 0.25) is 5.28 Å². The lowest BCUT2D eigenvalue weighted by Gasteiger charge is -2.10. The number of nitrogens with zero attached hydrogens (tertiary/aromatic N) is 3. The Kier molecular flexibility index (Phi) is 5.12. The smallest absolute Gasteiger partial charge is 0.321 e. The van der Waals surface area contributed by atoms with Crippen LogP contribution < -0.4 is 4.74 Å². The summed E-state index contributed by atoms with van der Waals surface area (Å²) in [7, 11) is 0. The van der Waals surface area contributed by atoms with Gasteiger partial charge in [0.25, 0.3) is 0 Å². The highest BCUT2D eigenvalue weighted by Crippen LogP contribution is 2.21. The predicted molar refractivity (Wildman–Crippen MR) is 84.6 cm³/mol. The van der Waals surface area contributed by atoms with E-state index in [4.69, 9.17) is 16.3 Å². The molecule has 2 rings (SSSR count). The van der Waals surface area contributed by atoms with Crippen molar-refractivity contribution in [2.75, 3.05) is 0 Å². The van der Waals surface area contributed by atoms with Gasteiger partial charge in [0.15, 0.2) is 5.82 Å². The summed E-state index contributed by atoms with van der Waals surface area (Å²) in [5.41, 5.74) is 2.18. The number of rotatable bonds is 5. The fraction of sp³-hybridized carbons (Fsp3) is 0.438. The molecule has 4 nitrogen and oxygen atoms in total. The maximum Gasteiger partial charge on any atom is 0.321 e. The zero-order valence-electron chi connectivity index (χ0n) is 12.8. The first kappa shape index (κ1) is 15.7. The van der Waals surface area contributed by atoms with Crippen LogP contribution in [0.3, 0.4) is 0 Å². The van der Waals surface area contributed by atoms with Gasteiger partial charge >= 0.3 is 6.01 Å².